The second-order valence-corrected chi connectivity index (χ2v) is 7.38. The molecule has 1 aromatic carbocycles. The van der Waals surface area contributed by atoms with Gasteiger partial charge < -0.3 is 15.2 Å². The summed E-state index contributed by atoms with van der Waals surface area (Å²) < 4.78 is 11.0. The van der Waals surface area contributed by atoms with Crippen LogP contribution in [0.5, 0.6) is 11.5 Å². The van der Waals surface area contributed by atoms with Crippen molar-refractivity contribution in [1.29, 1.82) is 0 Å². The maximum Gasteiger partial charge on any atom is 0.161 e. The number of aryl methyl sites for hydroxylation is 1. The molecule has 3 heterocycles. The highest BCUT2D eigenvalue weighted by atomic mass is 16.5. The molecule has 0 radical (unpaired) electrons. The smallest absolute Gasteiger partial charge is 0.161 e. The maximum atomic E-state index is 6.65. The number of hydrogen-bond donors (Lipinski definition) is 1. The quantitative estimate of drug-likeness (QED) is 0.919. The lowest BCUT2D eigenvalue weighted by Gasteiger charge is -2.46. The van der Waals surface area contributed by atoms with Gasteiger partial charge in [-0.1, -0.05) is 6.07 Å². The lowest BCUT2D eigenvalue weighted by Crippen LogP contribution is -2.50. The van der Waals surface area contributed by atoms with Crippen LogP contribution in [0.15, 0.2) is 30.5 Å². The number of hydrogen-bond acceptors (Lipinski definition) is 5. The zero-order valence-corrected chi connectivity index (χ0v) is 15.7. The van der Waals surface area contributed by atoms with Crippen molar-refractivity contribution in [3.05, 3.63) is 52.8 Å². The summed E-state index contributed by atoms with van der Waals surface area (Å²) in [5.41, 5.74) is 11.7. The predicted octanol–water partition coefficient (Wildman–Crippen LogP) is 2.82. The summed E-state index contributed by atoms with van der Waals surface area (Å²) in [6.07, 6.45) is 3.84. The minimum Gasteiger partial charge on any atom is -0.493 e. The van der Waals surface area contributed by atoms with Crippen LogP contribution in [0.25, 0.3) is 0 Å². The Hall–Kier alpha value is -2.11. The van der Waals surface area contributed by atoms with Crippen molar-refractivity contribution in [3.63, 3.8) is 0 Å². The van der Waals surface area contributed by atoms with Crippen molar-refractivity contribution in [3.8, 4) is 11.5 Å². The Labute approximate surface area is 155 Å². The highest BCUT2D eigenvalue weighted by molar-refractivity contribution is 5.49. The van der Waals surface area contributed by atoms with Gasteiger partial charge in [0.1, 0.15) is 0 Å². The monoisotopic (exact) mass is 353 g/mol. The molecule has 1 fully saturated rings. The number of fused-ring (bicyclic) bond motifs is 3. The number of piperidine rings is 1. The van der Waals surface area contributed by atoms with Gasteiger partial charge in [-0.3, -0.25) is 9.88 Å². The van der Waals surface area contributed by atoms with Gasteiger partial charge in [-0.25, -0.2) is 0 Å². The second kappa shape index (κ2) is 6.89. The van der Waals surface area contributed by atoms with Crippen LogP contribution in [-0.2, 0) is 6.42 Å². The number of rotatable bonds is 3. The zero-order chi connectivity index (χ0) is 18.3. The number of benzene rings is 1. The summed E-state index contributed by atoms with van der Waals surface area (Å²) in [6.45, 7) is 4.13. The van der Waals surface area contributed by atoms with Crippen molar-refractivity contribution < 1.29 is 9.47 Å². The third-order valence-corrected chi connectivity index (χ3v) is 5.96. The van der Waals surface area contributed by atoms with E-state index < -0.39 is 0 Å². The summed E-state index contributed by atoms with van der Waals surface area (Å²) in [5, 5.41) is 0. The van der Waals surface area contributed by atoms with Crippen LogP contribution in [0.1, 0.15) is 40.8 Å². The molecule has 26 heavy (non-hydrogen) atoms. The van der Waals surface area contributed by atoms with Gasteiger partial charge in [0, 0.05) is 43.0 Å². The molecule has 0 amide bonds. The highest BCUT2D eigenvalue weighted by Gasteiger charge is 2.39. The second-order valence-electron chi connectivity index (χ2n) is 7.38. The fourth-order valence-corrected chi connectivity index (χ4v) is 4.56. The normalized spacial score (nSPS) is 25.3. The van der Waals surface area contributed by atoms with Gasteiger partial charge in [0.15, 0.2) is 11.5 Å². The number of aromatic nitrogens is 1. The molecule has 0 unspecified atom stereocenters. The molecule has 0 bridgehead atoms. The Morgan fingerprint density at radius 1 is 1.19 bits per heavy atom. The fraction of sp³-hybridized carbons (Fsp3) is 0.476. The summed E-state index contributed by atoms with van der Waals surface area (Å²) in [6, 6.07) is 8.84. The average molecular weight is 353 g/mol. The molecule has 1 saturated heterocycles. The van der Waals surface area contributed by atoms with Gasteiger partial charge >= 0.3 is 0 Å². The zero-order valence-electron chi connectivity index (χ0n) is 15.7. The molecule has 0 aliphatic carbocycles. The van der Waals surface area contributed by atoms with Crippen LogP contribution in [0, 0.1) is 6.92 Å². The summed E-state index contributed by atoms with van der Waals surface area (Å²) in [7, 11) is 3.38. The molecular weight excluding hydrogens is 326 g/mol. The minimum absolute atomic E-state index is 0.101. The van der Waals surface area contributed by atoms with Crippen LogP contribution >= 0.6 is 0 Å². The fourth-order valence-electron chi connectivity index (χ4n) is 4.56. The average Bonchev–Trinajstić information content (AvgIpc) is 2.67. The van der Waals surface area contributed by atoms with E-state index in [9.17, 15) is 0 Å². The first kappa shape index (κ1) is 17.3. The number of methoxy groups -OCH3 is 2. The molecule has 0 spiro atoms. The molecular formula is C21H27N3O2. The third-order valence-electron chi connectivity index (χ3n) is 5.96. The molecule has 3 atom stereocenters. The molecule has 2 aliphatic heterocycles. The van der Waals surface area contributed by atoms with Gasteiger partial charge in [-0.15, -0.1) is 0 Å². The van der Waals surface area contributed by atoms with Gasteiger partial charge in [-0.2, -0.15) is 0 Å². The van der Waals surface area contributed by atoms with Crippen LogP contribution < -0.4 is 15.2 Å². The lowest BCUT2D eigenvalue weighted by atomic mass is 9.79. The Kier molecular flexibility index (Phi) is 4.59. The molecule has 2 aromatic rings. The minimum atomic E-state index is 0.101. The van der Waals surface area contributed by atoms with Crippen molar-refractivity contribution in [2.45, 2.75) is 37.8 Å². The molecule has 5 nitrogen and oxygen atoms in total. The molecule has 2 aliphatic rings. The van der Waals surface area contributed by atoms with Crippen molar-refractivity contribution in [2.75, 3.05) is 27.3 Å². The van der Waals surface area contributed by atoms with E-state index in [1.54, 1.807) is 14.2 Å². The SMILES string of the molecule is COc1cc2c(cc1OC)[C@@H]1C[C@@H](N)[C@@H](c3ncccc3C)CN1CC2. The first-order valence-corrected chi connectivity index (χ1v) is 9.28. The molecule has 138 valence electrons. The van der Waals surface area contributed by atoms with Crippen LogP contribution in [0.2, 0.25) is 0 Å². The Bertz CT molecular complexity index is 808. The van der Waals surface area contributed by atoms with Crippen molar-refractivity contribution in [1.82, 2.24) is 9.88 Å². The number of ether oxygens (including phenoxy) is 2. The van der Waals surface area contributed by atoms with E-state index in [0.717, 1.165) is 43.1 Å². The van der Waals surface area contributed by atoms with Crippen molar-refractivity contribution >= 4 is 0 Å². The Morgan fingerprint density at radius 3 is 2.69 bits per heavy atom. The van der Waals surface area contributed by atoms with E-state index in [-0.39, 0.29) is 12.0 Å². The first-order chi connectivity index (χ1) is 12.6. The predicted molar refractivity (Wildman–Crippen MR) is 102 cm³/mol. The van der Waals surface area contributed by atoms with Crippen LogP contribution in [0.3, 0.4) is 0 Å². The Balaban J connectivity index is 1.66. The van der Waals surface area contributed by atoms with Gasteiger partial charge in [-0.05, 0) is 54.7 Å². The number of pyridine rings is 1. The molecule has 4 rings (SSSR count). The van der Waals surface area contributed by atoms with E-state index >= 15 is 0 Å². The lowest BCUT2D eigenvalue weighted by molar-refractivity contribution is 0.108. The molecule has 5 heteroatoms. The van der Waals surface area contributed by atoms with Crippen LogP contribution in [-0.4, -0.2) is 43.2 Å². The summed E-state index contributed by atoms with van der Waals surface area (Å²) >= 11 is 0. The highest BCUT2D eigenvalue weighted by Crippen LogP contribution is 2.44. The number of nitrogens with two attached hydrogens (primary N) is 1. The standard InChI is InChI=1S/C21H27N3O2/c1-13-5-4-7-23-21(13)16-12-24-8-6-14-9-19(25-2)20(26-3)10-15(14)18(24)11-17(16)22/h4-5,7,9-10,16-18H,6,8,11-12,22H2,1-3H3/t16-,17+,18-/m0/s1. The van der Waals surface area contributed by atoms with E-state index in [1.165, 1.54) is 16.7 Å². The molecule has 2 N–H and O–H groups in total. The van der Waals surface area contributed by atoms with Crippen LogP contribution in [0.4, 0.5) is 0 Å². The van der Waals surface area contributed by atoms with E-state index in [0.29, 0.717) is 6.04 Å². The van der Waals surface area contributed by atoms with Crippen molar-refractivity contribution in [2.24, 2.45) is 5.73 Å². The topological polar surface area (TPSA) is 60.6 Å². The summed E-state index contributed by atoms with van der Waals surface area (Å²) in [5.74, 6) is 1.89. The van der Waals surface area contributed by atoms with E-state index in [2.05, 4.69) is 35.0 Å². The largest absolute Gasteiger partial charge is 0.493 e. The first-order valence-electron chi connectivity index (χ1n) is 9.28. The van der Waals surface area contributed by atoms with Gasteiger partial charge in [0.2, 0.25) is 0 Å². The molecule has 0 saturated carbocycles. The van der Waals surface area contributed by atoms with E-state index in [1.807, 2.05) is 12.3 Å². The van der Waals surface area contributed by atoms with Gasteiger partial charge in [0.25, 0.3) is 0 Å². The maximum absolute atomic E-state index is 6.65. The number of nitrogens with zero attached hydrogens (tertiary/aromatic N) is 2. The van der Waals surface area contributed by atoms with E-state index in [4.69, 9.17) is 15.2 Å². The Morgan fingerprint density at radius 2 is 1.96 bits per heavy atom. The summed E-state index contributed by atoms with van der Waals surface area (Å²) in [4.78, 5) is 7.21. The third kappa shape index (κ3) is 2.85. The molecule has 1 aromatic heterocycles. The van der Waals surface area contributed by atoms with Gasteiger partial charge in [0.05, 0.1) is 14.2 Å².